The van der Waals surface area contributed by atoms with Crippen molar-refractivity contribution < 1.29 is 18.1 Å². The van der Waals surface area contributed by atoms with Crippen molar-refractivity contribution in [3.63, 3.8) is 0 Å². The summed E-state index contributed by atoms with van der Waals surface area (Å²) in [5.74, 6) is -0.241. The van der Waals surface area contributed by atoms with Crippen LogP contribution in [0.25, 0.3) is 0 Å². The van der Waals surface area contributed by atoms with Gasteiger partial charge in [0.2, 0.25) is 0 Å². The van der Waals surface area contributed by atoms with Crippen LogP contribution in [0.5, 0.6) is 0 Å². The van der Waals surface area contributed by atoms with Crippen LogP contribution in [0, 0.1) is 10.1 Å². The van der Waals surface area contributed by atoms with Gasteiger partial charge in [-0.15, -0.1) is 0 Å². The molecule has 0 aliphatic rings. The molecule has 1 heterocycles. The molecule has 0 saturated carbocycles. The zero-order valence-electron chi connectivity index (χ0n) is 10.3. The van der Waals surface area contributed by atoms with Crippen LogP contribution in [0.15, 0.2) is 46.3 Å². The molecule has 5 nitrogen and oxygen atoms in total. The predicted octanol–water partition coefficient (Wildman–Crippen LogP) is 3.74. The standard InChI is InChI=1S/C12H8F3N3O2S/c13-12(14,15)7-5-10(16)17-11(6-7)21-9-3-1-8(2-4-9)18(19)20/h1-6H,(H2,16,17). The van der Waals surface area contributed by atoms with Crippen LogP contribution in [0.4, 0.5) is 24.7 Å². The first-order chi connectivity index (χ1) is 9.75. The second-order valence-electron chi connectivity index (χ2n) is 3.97. The van der Waals surface area contributed by atoms with Crippen molar-refractivity contribution in [2.45, 2.75) is 16.1 Å². The molecule has 0 aliphatic carbocycles. The summed E-state index contributed by atoms with van der Waals surface area (Å²) in [5, 5.41) is 10.6. The molecule has 0 unspecified atom stereocenters. The lowest BCUT2D eigenvalue weighted by atomic mass is 10.2. The molecule has 0 amide bonds. The minimum absolute atomic E-state index is 0.0659. The molecule has 2 aromatic rings. The van der Waals surface area contributed by atoms with Crippen LogP contribution in [0.2, 0.25) is 0 Å². The number of aromatic nitrogens is 1. The number of pyridine rings is 1. The maximum atomic E-state index is 12.7. The number of nitrogens with zero attached hydrogens (tertiary/aromatic N) is 2. The Kier molecular flexibility index (Phi) is 4.03. The fraction of sp³-hybridized carbons (Fsp3) is 0.0833. The maximum Gasteiger partial charge on any atom is 0.416 e. The molecule has 0 atom stereocenters. The van der Waals surface area contributed by atoms with E-state index in [0.29, 0.717) is 4.90 Å². The van der Waals surface area contributed by atoms with Gasteiger partial charge in [-0.05, 0) is 24.3 Å². The molecule has 0 aliphatic heterocycles. The van der Waals surface area contributed by atoms with E-state index >= 15 is 0 Å². The summed E-state index contributed by atoms with van der Waals surface area (Å²) < 4.78 is 38.0. The lowest BCUT2D eigenvalue weighted by molar-refractivity contribution is -0.384. The minimum atomic E-state index is -4.51. The van der Waals surface area contributed by atoms with Crippen LogP contribution >= 0.6 is 11.8 Å². The quantitative estimate of drug-likeness (QED) is 0.689. The highest BCUT2D eigenvalue weighted by Crippen LogP contribution is 2.34. The molecule has 1 aromatic carbocycles. The van der Waals surface area contributed by atoms with Crippen molar-refractivity contribution >= 4 is 23.3 Å². The van der Waals surface area contributed by atoms with Gasteiger partial charge in [0, 0.05) is 17.0 Å². The summed E-state index contributed by atoms with van der Waals surface area (Å²) in [7, 11) is 0. The van der Waals surface area contributed by atoms with E-state index < -0.39 is 16.7 Å². The highest BCUT2D eigenvalue weighted by Gasteiger charge is 2.31. The van der Waals surface area contributed by atoms with Gasteiger partial charge >= 0.3 is 6.18 Å². The smallest absolute Gasteiger partial charge is 0.384 e. The van der Waals surface area contributed by atoms with Crippen molar-refractivity contribution in [1.82, 2.24) is 4.98 Å². The van der Waals surface area contributed by atoms with Gasteiger partial charge in [0.05, 0.1) is 10.5 Å². The van der Waals surface area contributed by atoms with E-state index in [-0.39, 0.29) is 16.5 Å². The van der Waals surface area contributed by atoms with Crippen molar-refractivity contribution in [3.05, 3.63) is 52.1 Å². The Labute approximate surface area is 121 Å². The number of nitrogens with two attached hydrogens (primary N) is 1. The van der Waals surface area contributed by atoms with E-state index in [0.717, 1.165) is 23.9 Å². The molecule has 0 saturated heterocycles. The first kappa shape index (κ1) is 15.1. The van der Waals surface area contributed by atoms with Crippen LogP contribution in [-0.2, 0) is 6.18 Å². The highest BCUT2D eigenvalue weighted by atomic mass is 32.2. The summed E-state index contributed by atoms with van der Waals surface area (Å²) in [4.78, 5) is 14.3. The number of alkyl halides is 3. The number of nitrogen functional groups attached to an aromatic ring is 1. The number of hydrogen-bond acceptors (Lipinski definition) is 5. The molecule has 0 fully saturated rings. The van der Waals surface area contributed by atoms with Gasteiger partial charge in [0.15, 0.2) is 0 Å². The molecule has 21 heavy (non-hydrogen) atoms. The van der Waals surface area contributed by atoms with E-state index in [4.69, 9.17) is 5.73 Å². The van der Waals surface area contributed by atoms with Gasteiger partial charge in [0.25, 0.3) is 5.69 Å². The van der Waals surface area contributed by atoms with Gasteiger partial charge in [-0.25, -0.2) is 4.98 Å². The molecular formula is C12H8F3N3O2S. The van der Waals surface area contributed by atoms with Crippen molar-refractivity contribution in [1.29, 1.82) is 0 Å². The number of halogens is 3. The summed E-state index contributed by atoms with van der Waals surface area (Å²) in [6, 6.07) is 7.02. The van der Waals surface area contributed by atoms with Crippen LogP contribution in [0.3, 0.4) is 0 Å². The predicted molar refractivity (Wildman–Crippen MR) is 70.9 cm³/mol. The lowest BCUT2D eigenvalue weighted by Crippen LogP contribution is -2.07. The Morgan fingerprint density at radius 2 is 1.81 bits per heavy atom. The van der Waals surface area contributed by atoms with E-state index in [2.05, 4.69) is 4.98 Å². The fourth-order valence-corrected chi connectivity index (χ4v) is 2.35. The Bertz CT molecular complexity index is 674. The Morgan fingerprint density at radius 3 is 2.33 bits per heavy atom. The van der Waals surface area contributed by atoms with E-state index in [1.165, 1.54) is 24.3 Å². The minimum Gasteiger partial charge on any atom is -0.384 e. The van der Waals surface area contributed by atoms with Crippen molar-refractivity contribution in [3.8, 4) is 0 Å². The molecule has 2 rings (SSSR count). The first-order valence-electron chi connectivity index (χ1n) is 5.53. The monoisotopic (exact) mass is 315 g/mol. The molecule has 0 bridgehead atoms. The van der Waals surface area contributed by atoms with Crippen LogP contribution < -0.4 is 5.73 Å². The highest BCUT2D eigenvalue weighted by molar-refractivity contribution is 7.99. The zero-order valence-corrected chi connectivity index (χ0v) is 11.1. The molecule has 2 N–H and O–H groups in total. The second kappa shape index (κ2) is 5.60. The number of non-ortho nitro benzene ring substituents is 1. The van der Waals surface area contributed by atoms with Gasteiger partial charge in [0.1, 0.15) is 10.8 Å². The van der Waals surface area contributed by atoms with E-state index in [9.17, 15) is 23.3 Å². The lowest BCUT2D eigenvalue weighted by Gasteiger charge is -2.09. The van der Waals surface area contributed by atoms with E-state index in [1.54, 1.807) is 0 Å². The van der Waals surface area contributed by atoms with Gasteiger partial charge in [-0.3, -0.25) is 10.1 Å². The van der Waals surface area contributed by atoms with Gasteiger partial charge in [-0.2, -0.15) is 13.2 Å². The number of nitro groups is 1. The Balaban J connectivity index is 2.27. The summed E-state index contributed by atoms with van der Waals surface area (Å²) in [5.41, 5.74) is 4.37. The summed E-state index contributed by atoms with van der Waals surface area (Å²) >= 11 is 0.939. The number of benzene rings is 1. The zero-order chi connectivity index (χ0) is 15.6. The van der Waals surface area contributed by atoms with Gasteiger partial charge in [-0.1, -0.05) is 11.8 Å². The summed E-state index contributed by atoms with van der Waals surface area (Å²) in [6.07, 6.45) is -4.51. The number of rotatable bonds is 3. The topological polar surface area (TPSA) is 82.0 Å². The van der Waals surface area contributed by atoms with Crippen molar-refractivity contribution in [2.24, 2.45) is 0 Å². The van der Waals surface area contributed by atoms with Gasteiger partial charge < -0.3 is 5.73 Å². The normalized spacial score (nSPS) is 11.4. The average molecular weight is 315 g/mol. The fourth-order valence-electron chi connectivity index (χ4n) is 1.50. The molecule has 0 radical (unpaired) electrons. The van der Waals surface area contributed by atoms with Crippen LogP contribution in [-0.4, -0.2) is 9.91 Å². The third-order valence-electron chi connectivity index (χ3n) is 2.42. The van der Waals surface area contributed by atoms with Crippen molar-refractivity contribution in [2.75, 3.05) is 5.73 Å². The Hall–Kier alpha value is -2.29. The maximum absolute atomic E-state index is 12.7. The second-order valence-corrected chi connectivity index (χ2v) is 5.06. The molecular weight excluding hydrogens is 307 g/mol. The largest absolute Gasteiger partial charge is 0.416 e. The average Bonchev–Trinajstić information content (AvgIpc) is 2.37. The third kappa shape index (κ3) is 3.85. The molecule has 0 spiro atoms. The molecule has 9 heteroatoms. The van der Waals surface area contributed by atoms with Crippen LogP contribution in [0.1, 0.15) is 5.56 Å². The number of nitro benzene ring substituents is 1. The first-order valence-corrected chi connectivity index (χ1v) is 6.34. The number of anilines is 1. The number of hydrogen-bond donors (Lipinski definition) is 1. The summed E-state index contributed by atoms with van der Waals surface area (Å²) in [6.45, 7) is 0. The molecule has 110 valence electrons. The van der Waals surface area contributed by atoms with E-state index in [1.807, 2.05) is 0 Å². The third-order valence-corrected chi connectivity index (χ3v) is 3.35. The molecule has 1 aromatic heterocycles. The SMILES string of the molecule is Nc1cc(C(F)(F)F)cc(Sc2ccc([N+](=O)[O-])cc2)n1. The Morgan fingerprint density at radius 1 is 1.19 bits per heavy atom.